The highest BCUT2D eigenvalue weighted by Gasteiger charge is 2.11. The summed E-state index contributed by atoms with van der Waals surface area (Å²) in [6.07, 6.45) is 1.34. The number of ketones is 2. The molecule has 0 aromatic rings. The van der Waals surface area contributed by atoms with Crippen LogP contribution in [0.15, 0.2) is 0 Å². The molecule has 4 heteroatoms. The summed E-state index contributed by atoms with van der Waals surface area (Å²) in [5.74, 6) is -0.195. The molecule has 0 fully saturated rings. The van der Waals surface area contributed by atoms with Crippen molar-refractivity contribution in [2.45, 2.75) is 65.6 Å². The van der Waals surface area contributed by atoms with Gasteiger partial charge in [-0.25, -0.2) is 0 Å². The largest absolute Gasteiger partial charge is 0.386 e. The molecule has 4 nitrogen and oxygen atoms in total. The number of hydrogen-bond acceptors (Lipinski definition) is 4. The molecule has 16 heavy (non-hydrogen) atoms. The highest BCUT2D eigenvalue weighted by atomic mass is 16.3. The van der Waals surface area contributed by atoms with E-state index in [1.807, 2.05) is 13.8 Å². The van der Waals surface area contributed by atoms with Crippen LogP contribution in [0.5, 0.6) is 0 Å². The van der Waals surface area contributed by atoms with Crippen LogP contribution in [-0.2, 0) is 9.59 Å². The van der Waals surface area contributed by atoms with Crippen LogP contribution >= 0.6 is 0 Å². The van der Waals surface area contributed by atoms with Gasteiger partial charge in [-0.05, 0) is 26.7 Å². The standard InChI is InChI=1S/C8H16O2.C4H8O2/c1-3-5-7(9)8(10)6-4-2;1-3(5)4(2)6/h7,9H,3-6H2,1-2H3;3,5H,1-2H3. The fourth-order valence-corrected chi connectivity index (χ4v) is 0.847. The van der Waals surface area contributed by atoms with E-state index >= 15 is 0 Å². The van der Waals surface area contributed by atoms with Crippen molar-refractivity contribution >= 4 is 11.6 Å². The lowest BCUT2D eigenvalue weighted by Gasteiger charge is -2.05. The van der Waals surface area contributed by atoms with E-state index < -0.39 is 12.2 Å². The molecule has 2 unspecified atom stereocenters. The van der Waals surface area contributed by atoms with Crippen LogP contribution in [0.3, 0.4) is 0 Å². The van der Waals surface area contributed by atoms with E-state index in [2.05, 4.69) is 0 Å². The number of carbonyl (C=O) groups is 2. The van der Waals surface area contributed by atoms with Crippen molar-refractivity contribution in [2.75, 3.05) is 0 Å². The fourth-order valence-electron chi connectivity index (χ4n) is 0.847. The van der Waals surface area contributed by atoms with Crippen LogP contribution in [0.1, 0.15) is 53.4 Å². The third-order valence-corrected chi connectivity index (χ3v) is 2.02. The molecule has 0 aromatic carbocycles. The van der Waals surface area contributed by atoms with Gasteiger partial charge in [0.15, 0.2) is 11.6 Å². The Morgan fingerprint density at radius 3 is 1.81 bits per heavy atom. The van der Waals surface area contributed by atoms with Crippen LogP contribution in [0, 0.1) is 0 Å². The molecule has 96 valence electrons. The summed E-state index contributed by atoms with van der Waals surface area (Å²) in [6.45, 7) is 6.70. The second kappa shape index (κ2) is 10.8. The molecule has 0 aliphatic rings. The lowest BCUT2D eigenvalue weighted by Crippen LogP contribution is -2.19. The summed E-state index contributed by atoms with van der Waals surface area (Å²) in [4.78, 5) is 20.8. The molecule has 0 saturated carbocycles. The number of hydrogen-bond donors (Lipinski definition) is 2. The summed E-state index contributed by atoms with van der Waals surface area (Å²) in [5, 5.41) is 17.4. The summed E-state index contributed by atoms with van der Waals surface area (Å²) in [6, 6.07) is 0. The zero-order valence-electron chi connectivity index (χ0n) is 10.7. The zero-order chi connectivity index (χ0) is 13.1. The van der Waals surface area contributed by atoms with Gasteiger partial charge in [0.05, 0.1) is 0 Å². The average Bonchev–Trinajstić information content (AvgIpc) is 2.19. The highest BCUT2D eigenvalue weighted by molar-refractivity contribution is 5.82. The molecule has 2 N–H and O–H groups in total. The molecule has 0 amide bonds. The number of Topliss-reactive ketones (excluding diaryl/α,β-unsaturated/α-hetero) is 2. The minimum Gasteiger partial charge on any atom is -0.386 e. The first kappa shape index (κ1) is 17.6. The first-order chi connectivity index (χ1) is 7.36. The number of aliphatic hydroxyl groups is 2. The quantitative estimate of drug-likeness (QED) is 0.727. The molecule has 0 rings (SSSR count). The molecule has 0 saturated heterocycles. The Morgan fingerprint density at radius 2 is 1.56 bits per heavy atom. The maximum Gasteiger partial charge on any atom is 0.161 e. The Kier molecular flexibility index (Phi) is 11.9. The lowest BCUT2D eigenvalue weighted by atomic mass is 10.1. The van der Waals surface area contributed by atoms with Gasteiger partial charge in [0.1, 0.15) is 12.2 Å². The van der Waals surface area contributed by atoms with Crippen molar-refractivity contribution in [3.05, 3.63) is 0 Å². The third kappa shape index (κ3) is 11.3. The van der Waals surface area contributed by atoms with Crippen LogP contribution in [0.4, 0.5) is 0 Å². The minimum atomic E-state index is -0.787. The summed E-state index contributed by atoms with van der Waals surface area (Å²) in [5.41, 5.74) is 0. The maximum absolute atomic E-state index is 10.9. The van der Waals surface area contributed by atoms with Crippen LogP contribution in [-0.4, -0.2) is 34.0 Å². The van der Waals surface area contributed by atoms with Gasteiger partial charge < -0.3 is 10.2 Å². The van der Waals surface area contributed by atoms with E-state index in [0.29, 0.717) is 12.8 Å². The van der Waals surface area contributed by atoms with Crippen molar-refractivity contribution in [3.63, 3.8) is 0 Å². The topological polar surface area (TPSA) is 74.6 Å². The molecule has 0 bridgehead atoms. The molecule has 0 radical (unpaired) electrons. The van der Waals surface area contributed by atoms with Gasteiger partial charge in [0.2, 0.25) is 0 Å². The first-order valence-corrected chi connectivity index (χ1v) is 5.76. The van der Waals surface area contributed by atoms with Crippen molar-refractivity contribution in [1.82, 2.24) is 0 Å². The Bertz CT molecular complexity index is 199. The van der Waals surface area contributed by atoms with E-state index in [4.69, 9.17) is 10.2 Å². The monoisotopic (exact) mass is 232 g/mol. The van der Waals surface area contributed by atoms with Gasteiger partial charge in [-0.15, -0.1) is 0 Å². The smallest absolute Gasteiger partial charge is 0.161 e. The number of aliphatic hydroxyl groups excluding tert-OH is 2. The van der Waals surface area contributed by atoms with Gasteiger partial charge in [-0.3, -0.25) is 9.59 Å². The van der Waals surface area contributed by atoms with Gasteiger partial charge in [-0.1, -0.05) is 20.3 Å². The van der Waals surface area contributed by atoms with Gasteiger partial charge in [0, 0.05) is 6.42 Å². The van der Waals surface area contributed by atoms with Crippen LogP contribution in [0.25, 0.3) is 0 Å². The molecule has 0 aliphatic heterocycles. The maximum atomic E-state index is 10.9. The molecule has 0 aliphatic carbocycles. The third-order valence-electron chi connectivity index (χ3n) is 2.02. The molecule has 2 atom stereocenters. The van der Waals surface area contributed by atoms with Gasteiger partial charge >= 0.3 is 0 Å². The highest BCUT2D eigenvalue weighted by Crippen LogP contribution is 2.01. The Morgan fingerprint density at radius 1 is 1.12 bits per heavy atom. The Labute approximate surface area is 97.7 Å². The predicted molar refractivity (Wildman–Crippen MR) is 63.2 cm³/mol. The van der Waals surface area contributed by atoms with Crippen LogP contribution < -0.4 is 0 Å². The second-order valence-electron chi connectivity index (χ2n) is 3.81. The van der Waals surface area contributed by atoms with Crippen molar-refractivity contribution in [3.8, 4) is 0 Å². The van der Waals surface area contributed by atoms with E-state index in [-0.39, 0.29) is 11.6 Å². The average molecular weight is 232 g/mol. The second-order valence-corrected chi connectivity index (χ2v) is 3.81. The summed E-state index contributed by atoms with van der Waals surface area (Å²) < 4.78 is 0. The Hall–Kier alpha value is -0.740. The zero-order valence-corrected chi connectivity index (χ0v) is 10.7. The van der Waals surface area contributed by atoms with E-state index in [1.165, 1.54) is 13.8 Å². The lowest BCUT2D eigenvalue weighted by molar-refractivity contribution is -0.127. The van der Waals surface area contributed by atoms with Gasteiger partial charge in [-0.2, -0.15) is 0 Å². The molecule has 0 heterocycles. The Balaban J connectivity index is 0. The minimum absolute atomic E-state index is 0.00986. The first-order valence-electron chi connectivity index (χ1n) is 5.76. The fraction of sp³-hybridized carbons (Fsp3) is 0.833. The van der Waals surface area contributed by atoms with Crippen molar-refractivity contribution in [2.24, 2.45) is 0 Å². The normalized spacial score (nSPS) is 13.4. The van der Waals surface area contributed by atoms with E-state index in [1.54, 1.807) is 0 Å². The molecular formula is C12H24O4. The predicted octanol–water partition coefficient (Wildman–Crippen LogP) is 1.47. The van der Waals surface area contributed by atoms with Crippen LogP contribution in [0.2, 0.25) is 0 Å². The van der Waals surface area contributed by atoms with Crippen molar-refractivity contribution in [1.29, 1.82) is 0 Å². The van der Waals surface area contributed by atoms with Gasteiger partial charge in [0.25, 0.3) is 0 Å². The number of carbonyl (C=O) groups excluding carboxylic acids is 2. The van der Waals surface area contributed by atoms with E-state index in [9.17, 15) is 9.59 Å². The van der Waals surface area contributed by atoms with E-state index in [0.717, 1.165) is 12.8 Å². The molecule has 0 aromatic heterocycles. The SMILES string of the molecule is CC(=O)C(C)O.CCCC(=O)C(O)CCC. The molecule has 0 spiro atoms. The molecular weight excluding hydrogens is 208 g/mol. The number of rotatable bonds is 6. The van der Waals surface area contributed by atoms with Crippen molar-refractivity contribution < 1.29 is 19.8 Å². The summed E-state index contributed by atoms with van der Waals surface area (Å²) >= 11 is 0. The summed E-state index contributed by atoms with van der Waals surface area (Å²) in [7, 11) is 0.